The van der Waals surface area contributed by atoms with Gasteiger partial charge in [0.2, 0.25) is 0 Å². The summed E-state index contributed by atoms with van der Waals surface area (Å²) in [6, 6.07) is 7.85. The number of benzene rings is 1. The van der Waals surface area contributed by atoms with Crippen LogP contribution in [0, 0.1) is 5.92 Å². The standard InChI is InChI=1S/C21H15ClN2O2S/c22-17-7-3-1-5-13(17)9-15-11-24-12-18(23-21(24)27-15)16-10-14-6-2-4-8-19(14)26-20(16)25/h1-8,10-12,14,19H,9H2/t14-,19-/m0/s1. The number of halogens is 1. The molecule has 1 aromatic carbocycles. The number of nitrogens with zero attached hydrogens (tertiary/aromatic N) is 2. The third kappa shape index (κ3) is 3.03. The summed E-state index contributed by atoms with van der Waals surface area (Å²) in [5, 5.41) is 0.767. The van der Waals surface area contributed by atoms with Gasteiger partial charge in [-0.2, -0.15) is 0 Å². The van der Waals surface area contributed by atoms with Crippen LogP contribution >= 0.6 is 22.9 Å². The topological polar surface area (TPSA) is 43.6 Å². The fourth-order valence-electron chi connectivity index (χ4n) is 3.39. The average Bonchev–Trinajstić information content (AvgIpc) is 3.21. The number of esters is 1. The number of carbonyl (C=O) groups is 1. The molecule has 3 heterocycles. The van der Waals surface area contributed by atoms with Crippen molar-refractivity contribution in [2.75, 3.05) is 0 Å². The summed E-state index contributed by atoms with van der Waals surface area (Å²) >= 11 is 7.86. The van der Waals surface area contributed by atoms with Crippen LogP contribution in [0.5, 0.6) is 0 Å². The van der Waals surface area contributed by atoms with Gasteiger partial charge in [0.1, 0.15) is 6.10 Å². The highest BCUT2D eigenvalue weighted by molar-refractivity contribution is 7.17. The van der Waals surface area contributed by atoms with Crippen molar-refractivity contribution in [3.8, 4) is 0 Å². The summed E-state index contributed by atoms with van der Waals surface area (Å²) in [5.74, 6) is -0.253. The zero-order valence-corrected chi connectivity index (χ0v) is 15.8. The number of hydrogen-bond donors (Lipinski definition) is 0. The zero-order valence-electron chi connectivity index (χ0n) is 14.2. The SMILES string of the molecule is O=C1O[C@H]2C=CC=C[C@H]2C=C1c1cn2cc(Cc3ccccc3Cl)sc2n1. The molecular weight excluding hydrogens is 380 g/mol. The number of aromatic nitrogens is 2. The highest BCUT2D eigenvalue weighted by Gasteiger charge is 2.31. The van der Waals surface area contributed by atoms with Crippen molar-refractivity contribution in [2.45, 2.75) is 12.5 Å². The van der Waals surface area contributed by atoms with Gasteiger partial charge in [-0.1, -0.05) is 54.1 Å². The lowest BCUT2D eigenvalue weighted by Gasteiger charge is -2.26. The van der Waals surface area contributed by atoms with E-state index in [1.165, 1.54) is 0 Å². The minimum atomic E-state index is -0.321. The summed E-state index contributed by atoms with van der Waals surface area (Å²) < 4.78 is 7.50. The van der Waals surface area contributed by atoms with Crippen molar-refractivity contribution in [3.05, 3.63) is 88.2 Å². The molecule has 2 aliphatic rings. The Morgan fingerprint density at radius 3 is 2.89 bits per heavy atom. The first-order chi connectivity index (χ1) is 13.2. The number of rotatable bonds is 3. The summed E-state index contributed by atoms with van der Waals surface area (Å²) in [6.07, 6.45) is 14.2. The molecule has 6 heteroatoms. The van der Waals surface area contributed by atoms with E-state index in [-0.39, 0.29) is 18.0 Å². The molecule has 134 valence electrons. The molecule has 0 fully saturated rings. The van der Waals surface area contributed by atoms with Crippen molar-refractivity contribution < 1.29 is 9.53 Å². The average molecular weight is 395 g/mol. The maximum Gasteiger partial charge on any atom is 0.340 e. The number of carbonyl (C=O) groups excluding carboxylic acids is 1. The number of thiazole rings is 1. The Morgan fingerprint density at radius 1 is 1.19 bits per heavy atom. The molecule has 5 rings (SSSR count). The van der Waals surface area contributed by atoms with Crippen molar-refractivity contribution >= 4 is 39.4 Å². The molecule has 0 bridgehead atoms. The Morgan fingerprint density at radius 2 is 2.04 bits per heavy atom. The van der Waals surface area contributed by atoms with E-state index in [0.29, 0.717) is 11.3 Å². The molecule has 3 aromatic rings. The van der Waals surface area contributed by atoms with Crippen molar-refractivity contribution in [1.29, 1.82) is 0 Å². The Bertz CT molecular complexity index is 1110. The molecule has 2 aromatic heterocycles. The molecule has 1 aliphatic heterocycles. The zero-order chi connectivity index (χ0) is 18.4. The molecule has 27 heavy (non-hydrogen) atoms. The largest absolute Gasteiger partial charge is 0.454 e. The Hall–Kier alpha value is -2.63. The van der Waals surface area contributed by atoms with Gasteiger partial charge in [0.25, 0.3) is 0 Å². The van der Waals surface area contributed by atoms with E-state index in [0.717, 1.165) is 26.8 Å². The molecule has 0 N–H and O–H groups in total. The summed E-state index contributed by atoms with van der Waals surface area (Å²) in [4.78, 5) is 19.0. The van der Waals surface area contributed by atoms with Gasteiger partial charge >= 0.3 is 5.97 Å². The molecule has 0 saturated heterocycles. The third-order valence-corrected chi connectivity index (χ3v) is 6.11. The second-order valence-electron chi connectivity index (χ2n) is 6.58. The normalized spacial score (nSPS) is 21.2. The molecule has 0 saturated carbocycles. The van der Waals surface area contributed by atoms with Crippen molar-refractivity contribution in [1.82, 2.24) is 9.38 Å². The van der Waals surface area contributed by atoms with Crippen LogP contribution in [0.15, 0.2) is 67.0 Å². The highest BCUT2D eigenvalue weighted by Crippen LogP contribution is 2.31. The third-order valence-electron chi connectivity index (χ3n) is 4.75. The van der Waals surface area contributed by atoms with Gasteiger partial charge in [-0.15, -0.1) is 11.3 Å². The Balaban J connectivity index is 1.44. The molecule has 0 spiro atoms. The maximum absolute atomic E-state index is 12.4. The summed E-state index contributed by atoms with van der Waals surface area (Å²) in [7, 11) is 0. The van der Waals surface area contributed by atoms with Crippen molar-refractivity contribution in [3.63, 3.8) is 0 Å². The predicted molar refractivity (Wildman–Crippen MR) is 107 cm³/mol. The van der Waals surface area contributed by atoms with E-state index < -0.39 is 0 Å². The minimum absolute atomic E-state index is 0.0678. The number of fused-ring (bicyclic) bond motifs is 2. The van der Waals surface area contributed by atoms with Crippen LogP contribution in [0.2, 0.25) is 5.02 Å². The number of allylic oxidation sites excluding steroid dienone is 2. The molecule has 0 unspecified atom stereocenters. The molecule has 0 amide bonds. The summed E-state index contributed by atoms with van der Waals surface area (Å²) in [5.41, 5.74) is 2.27. The second kappa shape index (κ2) is 6.51. The maximum atomic E-state index is 12.4. The second-order valence-corrected chi connectivity index (χ2v) is 8.08. The molecular formula is C21H15ClN2O2S. The molecule has 1 aliphatic carbocycles. The van der Waals surface area contributed by atoms with Crippen molar-refractivity contribution in [2.24, 2.45) is 5.92 Å². The van der Waals surface area contributed by atoms with Crippen LogP contribution in [0.25, 0.3) is 10.5 Å². The van der Waals surface area contributed by atoms with Gasteiger partial charge < -0.3 is 4.74 Å². The van der Waals surface area contributed by atoms with Crippen LogP contribution in [0.3, 0.4) is 0 Å². The van der Waals surface area contributed by atoms with Gasteiger partial charge in [-0.25, -0.2) is 9.78 Å². The minimum Gasteiger partial charge on any atom is -0.454 e. The van der Waals surface area contributed by atoms with E-state index >= 15 is 0 Å². The van der Waals surface area contributed by atoms with E-state index in [1.54, 1.807) is 11.3 Å². The van der Waals surface area contributed by atoms with Gasteiger partial charge in [0.15, 0.2) is 4.96 Å². The predicted octanol–water partition coefficient (Wildman–Crippen LogP) is 4.69. The number of imidazole rings is 1. The lowest BCUT2D eigenvalue weighted by molar-refractivity contribution is -0.141. The van der Waals surface area contributed by atoms with E-state index in [4.69, 9.17) is 16.3 Å². The number of hydrogen-bond acceptors (Lipinski definition) is 4. The van der Waals surface area contributed by atoms with Crippen LogP contribution < -0.4 is 0 Å². The Kier molecular flexibility index (Phi) is 3.99. The van der Waals surface area contributed by atoms with E-state index in [2.05, 4.69) is 4.98 Å². The Labute approximate surface area is 165 Å². The lowest BCUT2D eigenvalue weighted by Crippen LogP contribution is -2.29. The van der Waals surface area contributed by atoms with Crippen LogP contribution in [0.4, 0.5) is 0 Å². The molecule has 2 atom stereocenters. The summed E-state index contributed by atoms with van der Waals surface area (Å²) in [6.45, 7) is 0. The van der Waals surface area contributed by atoms with E-state index in [9.17, 15) is 4.79 Å². The van der Waals surface area contributed by atoms with Gasteiger partial charge in [-0.05, 0) is 17.7 Å². The van der Waals surface area contributed by atoms with Gasteiger partial charge in [0.05, 0.1) is 11.3 Å². The molecule has 0 radical (unpaired) electrons. The monoisotopic (exact) mass is 394 g/mol. The van der Waals surface area contributed by atoms with Gasteiger partial charge in [0, 0.05) is 34.6 Å². The van der Waals surface area contributed by atoms with Crippen LogP contribution in [-0.4, -0.2) is 21.5 Å². The lowest BCUT2D eigenvalue weighted by atomic mass is 9.92. The van der Waals surface area contributed by atoms with E-state index in [1.807, 2.05) is 71.4 Å². The van der Waals surface area contributed by atoms with Gasteiger partial charge in [-0.3, -0.25) is 4.40 Å². The first-order valence-electron chi connectivity index (χ1n) is 8.66. The fraction of sp³-hybridized carbons (Fsp3) is 0.143. The highest BCUT2D eigenvalue weighted by atomic mass is 35.5. The first kappa shape index (κ1) is 16.5. The smallest absolute Gasteiger partial charge is 0.340 e. The fourth-order valence-corrected chi connectivity index (χ4v) is 4.58. The van der Waals surface area contributed by atoms with Crippen LogP contribution in [0.1, 0.15) is 16.1 Å². The van der Waals surface area contributed by atoms with Crippen LogP contribution in [-0.2, 0) is 16.0 Å². The number of ether oxygens (including phenoxy) is 1. The quantitative estimate of drug-likeness (QED) is 0.605. The first-order valence-corrected chi connectivity index (χ1v) is 9.86. The molecule has 4 nitrogen and oxygen atoms in total.